The molecule has 0 aliphatic heterocycles. The van der Waals surface area contributed by atoms with Crippen LogP contribution in [0.5, 0.6) is 0 Å². The number of carboxylic acids is 1. The third kappa shape index (κ3) is 41.8. The third-order valence-electron chi connectivity index (χ3n) is 10.5. The van der Waals surface area contributed by atoms with Crippen LogP contribution >= 0.6 is 0 Å². The van der Waals surface area contributed by atoms with Gasteiger partial charge in [-0.1, -0.05) is 170 Å². The van der Waals surface area contributed by atoms with E-state index in [0.717, 1.165) is 64.2 Å². The summed E-state index contributed by atoms with van der Waals surface area (Å²) in [6, 6.07) is -0.740. The Morgan fingerprint density at radius 1 is 0.500 bits per heavy atom. The Bertz CT molecular complexity index is 1290. The second kappa shape index (κ2) is 44.1. The molecular weight excluding hydrogens is 775 g/mol. The highest BCUT2D eigenvalue weighted by Crippen LogP contribution is 2.14. The molecule has 0 spiro atoms. The Balaban J connectivity index is 4.35. The molecule has 0 saturated heterocycles. The molecule has 2 atom stereocenters. The standard InChI is InChI=1S/C54H91NO7/c1-6-8-10-12-14-16-18-20-22-24-25-26-27-29-30-32-34-36-38-40-42-44-52(56)61-49-50(48-60-47-46-51(54(58)59)55(3,4)5)62-53(57)45-43-41-39-37-35-33-31-28-23-21-19-17-15-13-11-9-7-2/h8,10,14-17,20-23,31,33,37,39,50-51H,6-7,9,11-13,18-19,24-30,32,34-36,38,40-49H2,1-5H3/b10-8+,16-14+,17-15+,22-20+,23-21+,33-31+,39-37+. The van der Waals surface area contributed by atoms with Crippen LogP contribution in [0.4, 0.5) is 0 Å². The largest absolute Gasteiger partial charge is 0.544 e. The van der Waals surface area contributed by atoms with Crippen molar-refractivity contribution >= 4 is 17.9 Å². The molecular formula is C54H91NO7. The minimum atomic E-state index is -1.14. The van der Waals surface area contributed by atoms with Gasteiger partial charge in [-0.05, 0) is 83.5 Å². The van der Waals surface area contributed by atoms with Gasteiger partial charge in [0.25, 0.3) is 0 Å². The van der Waals surface area contributed by atoms with Crippen LogP contribution in [0.3, 0.4) is 0 Å². The average molecular weight is 866 g/mol. The number of carbonyl (C=O) groups is 3. The summed E-state index contributed by atoms with van der Waals surface area (Å²) in [6.45, 7) is 4.46. The molecule has 0 bridgehead atoms. The molecule has 62 heavy (non-hydrogen) atoms. The van der Waals surface area contributed by atoms with E-state index in [9.17, 15) is 19.5 Å². The molecule has 0 aliphatic rings. The molecule has 0 aromatic rings. The van der Waals surface area contributed by atoms with Gasteiger partial charge in [-0.15, -0.1) is 0 Å². The van der Waals surface area contributed by atoms with Gasteiger partial charge in [-0.3, -0.25) is 9.59 Å². The van der Waals surface area contributed by atoms with E-state index in [1.165, 1.54) is 83.5 Å². The highest BCUT2D eigenvalue weighted by atomic mass is 16.6. The number of aliphatic carboxylic acids is 1. The lowest BCUT2D eigenvalue weighted by Crippen LogP contribution is -2.55. The molecule has 0 N–H and O–H groups in total. The number of nitrogens with zero attached hydrogens (tertiary/aromatic N) is 1. The molecule has 0 amide bonds. The van der Waals surface area contributed by atoms with E-state index in [1.54, 1.807) is 21.1 Å². The van der Waals surface area contributed by atoms with E-state index in [2.05, 4.69) is 98.9 Å². The summed E-state index contributed by atoms with van der Waals surface area (Å²) >= 11 is 0. The summed E-state index contributed by atoms with van der Waals surface area (Å²) in [5.74, 6) is -1.82. The highest BCUT2D eigenvalue weighted by Gasteiger charge is 2.25. The number of rotatable bonds is 43. The van der Waals surface area contributed by atoms with Gasteiger partial charge >= 0.3 is 11.9 Å². The fourth-order valence-corrected chi connectivity index (χ4v) is 6.72. The maximum atomic E-state index is 12.7. The number of unbranched alkanes of at least 4 members (excludes halogenated alkanes) is 15. The lowest BCUT2D eigenvalue weighted by molar-refractivity contribution is -0.889. The molecule has 0 rings (SSSR count). The first-order valence-corrected chi connectivity index (χ1v) is 24.6. The average Bonchev–Trinajstić information content (AvgIpc) is 3.23. The fourth-order valence-electron chi connectivity index (χ4n) is 6.72. The van der Waals surface area contributed by atoms with Crippen LogP contribution in [-0.4, -0.2) is 75.5 Å². The normalized spacial score (nSPS) is 13.6. The van der Waals surface area contributed by atoms with Crippen molar-refractivity contribution in [2.24, 2.45) is 0 Å². The predicted octanol–water partition coefficient (Wildman–Crippen LogP) is 12.7. The summed E-state index contributed by atoms with van der Waals surface area (Å²) in [6.07, 6.45) is 57.6. The van der Waals surface area contributed by atoms with Gasteiger partial charge in [0.2, 0.25) is 0 Å². The van der Waals surface area contributed by atoms with Crippen molar-refractivity contribution in [2.45, 2.75) is 199 Å². The maximum absolute atomic E-state index is 12.7. The first-order valence-electron chi connectivity index (χ1n) is 24.6. The van der Waals surface area contributed by atoms with Gasteiger partial charge in [-0.2, -0.15) is 0 Å². The van der Waals surface area contributed by atoms with Gasteiger partial charge in [0.15, 0.2) is 6.10 Å². The van der Waals surface area contributed by atoms with Gasteiger partial charge < -0.3 is 28.6 Å². The van der Waals surface area contributed by atoms with E-state index in [1.807, 2.05) is 0 Å². The summed E-state index contributed by atoms with van der Waals surface area (Å²) in [5.41, 5.74) is 0. The van der Waals surface area contributed by atoms with Crippen LogP contribution in [0.25, 0.3) is 0 Å². The molecule has 0 heterocycles. The van der Waals surface area contributed by atoms with Crippen molar-refractivity contribution in [1.82, 2.24) is 0 Å². The molecule has 0 aromatic heterocycles. The van der Waals surface area contributed by atoms with Crippen molar-refractivity contribution < 1.29 is 38.2 Å². The first kappa shape index (κ1) is 58.5. The summed E-state index contributed by atoms with van der Waals surface area (Å²) in [5, 5.41) is 11.7. The van der Waals surface area contributed by atoms with Crippen LogP contribution in [-0.2, 0) is 28.6 Å². The molecule has 0 aliphatic carbocycles. The van der Waals surface area contributed by atoms with Gasteiger partial charge in [0.05, 0.1) is 40.3 Å². The number of esters is 2. The highest BCUT2D eigenvalue weighted by molar-refractivity contribution is 5.70. The monoisotopic (exact) mass is 866 g/mol. The maximum Gasteiger partial charge on any atom is 0.306 e. The Morgan fingerprint density at radius 2 is 0.919 bits per heavy atom. The Kier molecular flexibility index (Phi) is 41.6. The molecule has 0 aromatic carbocycles. The number of ether oxygens (including phenoxy) is 3. The summed E-state index contributed by atoms with van der Waals surface area (Å²) in [7, 11) is 5.39. The predicted molar refractivity (Wildman–Crippen MR) is 258 cm³/mol. The van der Waals surface area contributed by atoms with Gasteiger partial charge in [0, 0.05) is 19.3 Å². The number of hydrogen-bond donors (Lipinski definition) is 0. The van der Waals surface area contributed by atoms with Crippen molar-refractivity contribution in [3.8, 4) is 0 Å². The topological polar surface area (TPSA) is 102 Å². The summed E-state index contributed by atoms with van der Waals surface area (Å²) < 4.78 is 17.2. The van der Waals surface area contributed by atoms with E-state index in [-0.39, 0.29) is 49.1 Å². The quantitative estimate of drug-likeness (QED) is 0.0260. The minimum absolute atomic E-state index is 0.0141. The number of likely N-dealkylation sites (N-methyl/N-ethyl adjacent to an activating group) is 1. The fraction of sp³-hybridized carbons (Fsp3) is 0.685. The molecule has 354 valence electrons. The van der Waals surface area contributed by atoms with E-state index in [4.69, 9.17) is 14.2 Å². The smallest absolute Gasteiger partial charge is 0.306 e. The molecule has 0 saturated carbocycles. The van der Waals surface area contributed by atoms with Crippen molar-refractivity contribution in [3.05, 3.63) is 85.1 Å². The van der Waals surface area contributed by atoms with Crippen molar-refractivity contribution in [3.63, 3.8) is 0 Å². The SMILES string of the molecule is CC/C=C/C/C=C/C/C=C/CCCCCCCCCCCCCC(=O)OCC(COCCC(C(=O)[O-])[N+](C)(C)C)OC(=O)CCC/C=C/C/C=C/C/C=C/C/C=C/CCCCC. The van der Waals surface area contributed by atoms with Crippen molar-refractivity contribution in [1.29, 1.82) is 0 Å². The van der Waals surface area contributed by atoms with Crippen LogP contribution in [0.1, 0.15) is 187 Å². The first-order chi connectivity index (χ1) is 30.1. The zero-order valence-corrected chi connectivity index (χ0v) is 40.3. The number of hydrogen-bond acceptors (Lipinski definition) is 7. The Labute approximate surface area is 380 Å². The van der Waals surface area contributed by atoms with Crippen LogP contribution in [0.15, 0.2) is 85.1 Å². The van der Waals surface area contributed by atoms with E-state index < -0.39 is 18.1 Å². The Morgan fingerprint density at radius 3 is 1.39 bits per heavy atom. The molecule has 0 radical (unpaired) electrons. The van der Waals surface area contributed by atoms with Crippen LogP contribution in [0, 0.1) is 0 Å². The molecule has 2 unspecified atom stereocenters. The number of quaternary nitrogens is 1. The number of carboxylic acid groups (broad SMARTS) is 1. The molecule has 8 heteroatoms. The lowest BCUT2D eigenvalue weighted by atomic mass is 10.0. The number of allylic oxidation sites excluding steroid dienone is 14. The van der Waals surface area contributed by atoms with Crippen LogP contribution in [0.2, 0.25) is 0 Å². The molecule has 8 nitrogen and oxygen atoms in total. The van der Waals surface area contributed by atoms with E-state index >= 15 is 0 Å². The number of carbonyl (C=O) groups excluding carboxylic acids is 3. The zero-order chi connectivity index (χ0) is 45.6. The molecule has 0 fully saturated rings. The summed E-state index contributed by atoms with van der Waals surface area (Å²) in [4.78, 5) is 37.0. The minimum Gasteiger partial charge on any atom is -0.544 e. The van der Waals surface area contributed by atoms with Crippen LogP contribution < -0.4 is 5.11 Å². The van der Waals surface area contributed by atoms with Gasteiger partial charge in [-0.25, -0.2) is 0 Å². The second-order valence-electron chi connectivity index (χ2n) is 17.3. The van der Waals surface area contributed by atoms with E-state index in [0.29, 0.717) is 12.8 Å². The van der Waals surface area contributed by atoms with Gasteiger partial charge in [0.1, 0.15) is 12.6 Å². The third-order valence-corrected chi connectivity index (χ3v) is 10.5. The zero-order valence-electron chi connectivity index (χ0n) is 40.3. The van der Waals surface area contributed by atoms with Crippen molar-refractivity contribution in [2.75, 3.05) is 41.0 Å². The lowest BCUT2D eigenvalue weighted by Gasteiger charge is -2.34. The second-order valence-corrected chi connectivity index (χ2v) is 17.3. The Hall–Kier alpha value is -3.49.